The van der Waals surface area contributed by atoms with E-state index < -0.39 is 0 Å². The lowest BCUT2D eigenvalue weighted by Gasteiger charge is -2.07. The number of aromatic nitrogens is 2. The summed E-state index contributed by atoms with van der Waals surface area (Å²) in [6.07, 6.45) is 0.364. The fourth-order valence-electron chi connectivity index (χ4n) is 2.57. The van der Waals surface area contributed by atoms with E-state index >= 15 is 0 Å². The Morgan fingerprint density at radius 1 is 1.10 bits per heavy atom. The third-order valence-electron chi connectivity index (χ3n) is 3.47. The van der Waals surface area contributed by atoms with Crippen LogP contribution < -0.4 is 0 Å². The smallest absolute Gasteiger partial charge is 0.251 e. The SMILES string of the molecule is Cc1cc(C)n(C(=O)Cc2cccc3ccccc23)n1. The first kappa shape index (κ1) is 12.6. The summed E-state index contributed by atoms with van der Waals surface area (Å²) in [6.45, 7) is 3.80. The Labute approximate surface area is 117 Å². The molecule has 0 unspecified atom stereocenters. The summed E-state index contributed by atoms with van der Waals surface area (Å²) in [5, 5.41) is 6.54. The molecule has 100 valence electrons. The normalized spacial score (nSPS) is 10.9. The van der Waals surface area contributed by atoms with E-state index in [4.69, 9.17) is 0 Å². The number of carbonyl (C=O) groups is 1. The molecule has 0 N–H and O–H groups in total. The third-order valence-corrected chi connectivity index (χ3v) is 3.47. The number of rotatable bonds is 2. The minimum atomic E-state index is 0.00644. The van der Waals surface area contributed by atoms with Crippen LogP contribution in [0.3, 0.4) is 0 Å². The summed E-state index contributed by atoms with van der Waals surface area (Å²) in [5.74, 6) is 0.00644. The summed E-state index contributed by atoms with van der Waals surface area (Å²) < 4.78 is 1.50. The van der Waals surface area contributed by atoms with Gasteiger partial charge in [0, 0.05) is 5.69 Å². The lowest BCUT2D eigenvalue weighted by Crippen LogP contribution is -2.16. The lowest BCUT2D eigenvalue weighted by atomic mass is 10.0. The van der Waals surface area contributed by atoms with E-state index in [9.17, 15) is 4.79 Å². The molecule has 0 radical (unpaired) electrons. The molecule has 0 fully saturated rings. The van der Waals surface area contributed by atoms with Gasteiger partial charge in [-0.25, -0.2) is 4.68 Å². The largest absolute Gasteiger partial charge is 0.272 e. The number of fused-ring (bicyclic) bond motifs is 1. The first-order chi connectivity index (χ1) is 9.65. The Hall–Kier alpha value is -2.42. The Kier molecular flexibility index (Phi) is 3.11. The van der Waals surface area contributed by atoms with Crippen LogP contribution in [0.2, 0.25) is 0 Å². The number of benzene rings is 2. The predicted octanol–water partition coefficient (Wildman–Crippen LogP) is 3.54. The van der Waals surface area contributed by atoms with Crippen LogP contribution in [-0.2, 0) is 6.42 Å². The van der Waals surface area contributed by atoms with Gasteiger partial charge in [0.25, 0.3) is 5.91 Å². The van der Waals surface area contributed by atoms with Crippen molar-refractivity contribution in [3.63, 3.8) is 0 Å². The molecule has 1 heterocycles. The molecule has 0 spiro atoms. The van der Waals surface area contributed by atoms with Crippen LogP contribution in [0.1, 0.15) is 21.7 Å². The average molecular weight is 264 g/mol. The zero-order chi connectivity index (χ0) is 14.1. The van der Waals surface area contributed by atoms with Crippen molar-refractivity contribution in [1.82, 2.24) is 9.78 Å². The van der Waals surface area contributed by atoms with E-state index in [1.165, 1.54) is 4.68 Å². The molecule has 0 amide bonds. The summed E-state index contributed by atoms with van der Waals surface area (Å²) in [4.78, 5) is 12.4. The molecule has 0 saturated carbocycles. The fourth-order valence-corrected chi connectivity index (χ4v) is 2.57. The van der Waals surface area contributed by atoms with Crippen molar-refractivity contribution in [2.45, 2.75) is 20.3 Å². The molecule has 0 aliphatic rings. The van der Waals surface area contributed by atoms with Gasteiger partial charge in [-0.15, -0.1) is 0 Å². The Balaban J connectivity index is 1.97. The highest BCUT2D eigenvalue weighted by molar-refractivity contribution is 5.90. The summed E-state index contributed by atoms with van der Waals surface area (Å²) >= 11 is 0. The van der Waals surface area contributed by atoms with E-state index in [0.29, 0.717) is 6.42 Å². The summed E-state index contributed by atoms with van der Waals surface area (Å²) in [7, 11) is 0. The highest BCUT2D eigenvalue weighted by Gasteiger charge is 2.12. The van der Waals surface area contributed by atoms with Crippen molar-refractivity contribution >= 4 is 16.7 Å². The standard InChI is InChI=1S/C17H16N2O/c1-12-10-13(2)19(18-12)17(20)11-15-8-5-7-14-6-3-4-9-16(14)15/h3-10H,11H2,1-2H3. The van der Waals surface area contributed by atoms with Crippen LogP contribution in [0, 0.1) is 13.8 Å². The predicted molar refractivity (Wildman–Crippen MR) is 80.0 cm³/mol. The quantitative estimate of drug-likeness (QED) is 0.709. The Bertz CT molecular complexity index is 781. The second-order valence-corrected chi connectivity index (χ2v) is 5.05. The minimum absolute atomic E-state index is 0.00644. The maximum atomic E-state index is 12.4. The first-order valence-electron chi connectivity index (χ1n) is 6.68. The van der Waals surface area contributed by atoms with Gasteiger partial charge < -0.3 is 0 Å². The van der Waals surface area contributed by atoms with Crippen LogP contribution in [0.4, 0.5) is 0 Å². The molecule has 2 aromatic carbocycles. The number of nitrogens with zero attached hydrogens (tertiary/aromatic N) is 2. The van der Waals surface area contributed by atoms with Gasteiger partial charge in [0.15, 0.2) is 0 Å². The summed E-state index contributed by atoms with van der Waals surface area (Å²) in [5.41, 5.74) is 2.79. The average Bonchev–Trinajstić information content (AvgIpc) is 2.78. The molecular formula is C17H16N2O. The van der Waals surface area contributed by atoms with Crippen molar-refractivity contribution in [1.29, 1.82) is 0 Å². The fraction of sp³-hybridized carbons (Fsp3) is 0.176. The molecule has 3 rings (SSSR count). The molecule has 0 atom stereocenters. The number of hydrogen-bond acceptors (Lipinski definition) is 2. The molecule has 3 aromatic rings. The Morgan fingerprint density at radius 2 is 1.85 bits per heavy atom. The van der Waals surface area contributed by atoms with Crippen LogP contribution in [0.25, 0.3) is 10.8 Å². The van der Waals surface area contributed by atoms with Crippen molar-refractivity contribution in [2.24, 2.45) is 0 Å². The van der Waals surface area contributed by atoms with Crippen molar-refractivity contribution in [2.75, 3.05) is 0 Å². The molecular weight excluding hydrogens is 248 g/mol. The third kappa shape index (κ3) is 2.23. The monoisotopic (exact) mass is 264 g/mol. The second kappa shape index (κ2) is 4.93. The van der Waals surface area contributed by atoms with E-state index in [1.807, 2.05) is 44.2 Å². The molecule has 0 saturated heterocycles. The van der Waals surface area contributed by atoms with Gasteiger partial charge >= 0.3 is 0 Å². The van der Waals surface area contributed by atoms with Gasteiger partial charge in [-0.3, -0.25) is 4.79 Å². The maximum absolute atomic E-state index is 12.4. The zero-order valence-electron chi connectivity index (χ0n) is 11.6. The molecule has 1 aromatic heterocycles. The lowest BCUT2D eigenvalue weighted by molar-refractivity contribution is 0.0896. The molecule has 0 aliphatic heterocycles. The van der Waals surface area contributed by atoms with E-state index in [2.05, 4.69) is 23.3 Å². The highest BCUT2D eigenvalue weighted by atomic mass is 16.2. The Morgan fingerprint density at radius 3 is 2.60 bits per heavy atom. The molecule has 3 nitrogen and oxygen atoms in total. The van der Waals surface area contributed by atoms with E-state index in [0.717, 1.165) is 27.7 Å². The van der Waals surface area contributed by atoms with Gasteiger partial charge in [0.2, 0.25) is 0 Å². The highest BCUT2D eigenvalue weighted by Crippen LogP contribution is 2.19. The van der Waals surface area contributed by atoms with Crippen molar-refractivity contribution in [3.8, 4) is 0 Å². The van der Waals surface area contributed by atoms with Gasteiger partial charge in [0.1, 0.15) is 0 Å². The van der Waals surface area contributed by atoms with Crippen LogP contribution in [-0.4, -0.2) is 15.7 Å². The van der Waals surface area contributed by atoms with Crippen molar-refractivity contribution in [3.05, 3.63) is 65.5 Å². The number of carbonyl (C=O) groups excluding carboxylic acids is 1. The zero-order valence-corrected chi connectivity index (χ0v) is 11.6. The van der Waals surface area contributed by atoms with Crippen LogP contribution >= 0.6 is 0 Å². The van der Waals surface area contributed by atoms with Crippen LogP contribution in [0.5, 0.6) is 0 Å². The van der Waals surface area contributed by atoms with Gasteiger partial charge in [-0.05, 0) is 36.2 Å². The maximum Gasteiger partial charge on any atom is 0.251 e. The van der Waals surface area contributed by atoms with E-state index in [-0.39, 0.29) is 5.91 Å². The van der Waals surface area contributed by atoms with Gasteiger partial charge in [-0.1, -0.05) is 42.5 Å². The number of hydrogen-bond donors (Lipinski definition) is 0. The molecule has 0 bridgehead atoms. The molecule has 0 aliphatic carbocycles. The first-order valence-corrected chi connectivity index (χ1v) is 6.68. The van der Waals surface area contributed by atoms with Gasteiger partial charge in [0.05, 0.1) is 12.1 Å². The minimum Gasteiger partial charge on any atom is -0.272 e. The molecule has 3 heteroatoms. The van der Waals surface area contributed by atoms with E-state index in [1.54, 1.807) is 0 Å². The van der Waals surface area contributed by atoms with Crippen molar-refractivity contribution < 1.29 is 4.79 Å². The second-order valence-electron chi connectivity index (χ2n) is 5.05. The summed E-state index contributed by atoms with van der Waals surface area (Å²) in [6, 6.07) is 16.1. The topological polar surface area (TPSA) is 34.9 Å². The van der Waals surface area contributed by atoms with Crippen LogP contribution in [0.15, 0.2) is 48.5 Å². The van der Waals surface area contributed by atoms with Gasteiger partial charge in [-0.2, -0.15) is 5.10 Å². The molecule has 20 heavy (non-hydrogen) atoms. The number of aryl methyl sites for hydroxylation is 2.